The minimum Gasteiger partial charge on any atom is -0.256 e. The first-order valence-corrected chi connectivity index (χ1v) is 13.6. The number of aromatic nitrogens is 3. The molecule has 39 heavy (non-hydrogen) atoms. The van der Waals surface area contributed by atoms with Gasteiger partial charge in [-0.2, -0.15) is 0 Å². The summed E-state index contributed by atoms with van der Waals surface area (Å²) in [6.45, 7) is 0. The van der Waals surface area contributed by atoms with Crippen LogP contribution in [0.1, 0.15) is 0 Å². The molecule has 0 bridgehead atoms. The molecule has 6 heteroatoms. The van der Waals surface area contributed by atoms with Crippen LogP contribution in [0.2, 0.25) is 0 Å². The van der Waals surface area contributed by atoms with Gasteiger partial charge in [0.2, 0.25) is 0 Å². The molecule has 0 aliphatic heterocycles. The Bertz CT molecular complexity index is 1400. The standard InChI is InChI=1S/2C11H8BrN.C11H9N.Ir/c2*12-10-6-2-1-5-9(10)11-7-3-4-8-13-11;1-2-6-10(7-3-1)11-8-4-5-9-12-11;/h2*1-8H;1-9H;. The zero-order valence-corrected chi connectivity index (χ0v) is 26.4. The van der Waals surface area contributed by atoms with Crippen LogP contribution in [0.15, 0.2) is 161 Å². The van der Waals surface area contributed by atoms with Crippen LogP contribution in [0.5, 0.6) is 0 Å². The zero-order chi connectivity index (χ0) is 26.4. The maximum Gasteiger partial charge on any atom is 0.0713 e. The van der Waals surface area contributed by atoms with Gasteiger partial charge in [0, 0.05) is 64.3 Å². The molecular formula is C33H25Br2IrN3. The van der Waals surface area contributed by atoms with Crippen LogP contribution in [-0.4, -0.2) is 15.0 Å². The Kier molecular flexibility index (Phi) is 12.9. The summed E-state index contributed by atoms with van der Waals surface area (Å²) in [6, 6.07) is 44.0. The van der Waals surface area contributed by atoms with E-state index in [0.717, 1.165) is 42.7 Å². The van der Waals surface area contributed by atoms with Crippen LogP contribution in [0.3, 0.4) is 0 Å². The maximum atomic E-state index is 4.28. The van der Waals surface area contributed by atoms with Crippen molar-refractivity contribution in [3.05, 3.63) is 161 Å². The van der Waals surface area contributed by atoms with E-state index in [4.69, 9.17) is 0 Å². The van der Waals surface area contributed by atoms with Gasteiger partial charge in [-0.3, -0.25) is 15.0 Å². The molecule has 3 aromatic carbocycles. The third-order valence-electron chi connectivity index (χ3n) is 5.36. The molecule has 3 nitrogen and oxygen atoms in total. The van der Waals surface area contributed by atoms with E-state index in [9.17, 15) is 0 Å². The average Bonchev–Trinajstić information content (AvgIpc) is 3.00. The predicted octanol–water partition coefficient (Wildman–Crippen LogP) is 9.77. The van der Waals surface area contributed by atoms with E-state index >= 15 is 0 Å². The summed E-state index contributed by atoms with van der Waals surface area (Å²) in [5, 5.41) is 0. The molecule has 0 atom stereocenters. The Morgan fingerprint density at radius 2 is 0.718 bits per heavy atom. The number of pyridine rings is 3. The van der Waals surface area contributed by atoms with Gasteiger partial charge in [0.25, 0.3) is 0 Å². The molecule has 0 amide bonds. The van der Waals surface area contributed by atoms with Crippen molar-refractivity contribution in [1.82, 2.24) is 15.0 Å². The normalized spacial score (nSPS) is 9.59. The second-order valence-corrected chi connectivity index (χ2v) is 9.68. The first-order chi connectivity index (χ1) is 18.7. The van der Waals surface area contributed by atoms with E-state index in [1.807, 2.05) is 128 Å². The molecule has 0 saturated heterocycles. The Morgan fingerprint density at radius 1 is 0.359 bits per heavy atom. The van der Waals surface area contributed by atoms with Gasteiger partial charge in [-0.25, -0.2) is 0 Å². The first kappa shape index (κ1) is 30.3. The fraction of sp³-hybridized carbons (Fsp3) is 0. The van der Waals surface area contributed by atoms with Gasteiger partial charge in [0.1, 0.15) is 0 Å². The van der Waals surface area contributed by atoms with Crippen LogP contribution in [0.4, 0.5) is 0 Å². The Balaban J connectivity index is 0.000000160. The number of hydrogen-bond donors (Lipinski definition) is 0. The van der Waals surface area contributed by atoms with Crippen LogP contribution in [0.25, 0.3) is 33.8 Å². The summed E-state index contributed by atoms with van der Waals surface area (Å²) in [4.78, 5) is 12.8. The quantitative estimate of drug-likeness (QED) is 0.179. The molecule has 1 radical (unpaired) electrons. The summed E-state index contributed by atoms with van der Waals surface area (Å²) in [5.41, 5.74) is 6.44. The Labute approximate surface area is 260 Å². The molecule has 6 rings (SSSR count). The average molecular weight is 816 g/mol. The molecule has 3 aromatic heterocycles. The smallest absolute Gasteiger partial charge is 0.0713 e. The van der Waals surface area contributed by atoms with Crippen LogP contribution in [0, 0.1) is 0 Å². The number of halogens is 2. The van der Waals surface area contributed by atoms with Crippen LogP contribution < -0.4 is 0 Å². The van der Waals surface area contributed by atoms with Crippen molar-refractivity contribution in [2.45, 2.75) is 0 Å². The van der Waals surface area contributed by atoms with Crippen molar-refractivity contribution in [2.24, 2.45) is 0 Å². The monoisotopic (exact) mass is 814 g/mol. The largest absolute Gasteiger partial charge is 0.256 e. The van der Waals surface area contributed by atoms with E-state index in [-0.39, 0.29) is 20.1 Å². The Hall–Kier alpha value is -3.28. The Morgan fingerprint density at radius 3 is 1.10 bits per heavy atom. The third-order valence-corrected chi connectivity index (χ3v) is 6.75. The second kappa shape index (κ2) is 16.6. The van der Waals surface area contributed by atoms with E-state index in [1.165, 1.54) is 0 Å². The van der Waals surface area contributed by atoms with E-state index in [1.54, 1.807) is 12.4 Å². The van der Waals surface area contributed by atoms with Crippen LogP contribution >= 0.6 is 31.9 Å². The molecule has 0 unspecified atom stereocenters. The molecule has 0 spiro atoms. The van der Waals surface area contributed by atoms with Gasteiger partial charge in [0.05, 0.1) is 17.1 Å². The fourth-order valence-electron chi connectivity index (χ4n) is 3.52. The molecular weight excluding hydrogens is 790 g/mol. The van der Waals surface area contributed by atoms with Crippen molar-refractivity contribution in [3.8, 4) is 33.8 Å². The molecule has 0 aliphatic rings. The van der Waals surface area contributed by atoms with Crippen LogP contribution in [-0.2, 0) is 20.1 Å². The van der Waals surface area contributed by atoms with Gasteiger partial charge in [-0.15, -0.1) is 0 Å². The zero-order valence-electron chi connectivity index (χ0n) is 20.9. The summed E-state index contributed by atoms with van der Waals surface area (Å²) < 4.78 is 2.16. The fourth-order valence-corrected chi connectivity index (χ4v) is 4.50. The van der Waals surface area contributed by atoms with E-state index in [2.05, 4.69) is 58.9 Å². The first-order valence-electron chi connectivity index (χ1n) is 12.0. The maximum absolute atomic E-state index is 4.28. The SMILES string of the molecule is Brc1ccccc1-c1ccccn1.Brc1ccccc1-c1ccccn1.[Ir].c1ccc(-c2ccccn2)cc1. The minimum atomic E-state index is 0. The van der Waals surface area contributed by atoms with Crippen molar-refractivity contribution >= 4 is 31.9 Å². The van der Waals surface area contributed by atoms with Gasteiger partial charge in [0.15, 0.2) is 0 Å². The second-order valence-electron chi connectivity index (χ2n) is 7.97. The van der Waals surface area contributed by atoms with E-state index in [0.29, 0.717) is 0 Å². The molecule has 3 heterocycles. The van der Waals surface area contributed by atoms with Gasteiger partial charge in [-0.05, 0) is 48.5 Å². The van der Waals surface area contributed by atoms with Crippen molar-refractivity contribution < 1.29 is 20.1 Å². The molecule has 0 fully saturated rings. The summed E-state index contributed by atoms with van der Waals surface area (Å²) >= 11 is 6.99. The van der Waals surface area contributed by atoms with Gasteiger partial charge >= 0.3 is 0 Å². The summed E-state index contributed by atoms with van der Waals surface area (Å²) in [7, 11) is 0. The van der Waals surface area contributed by atoms with Crippen molar-refractivity contribution in [2.75, 3.05) is 0 Å². The number of rotatable bonds is 3. The molecule has 6 aromatic rings. The van der Waals surface area contributed by atoms with E-state index < -0.39 is 0 Å². The minimum absolute atomic E-state index is 0. The van der Waals surface area contributed by atoms with Gasteiger partial charge in [-0.1, -0.05) is 117 Å². The molecule has 0 N–H and O–H groups in total. The summed E-state index contributed by atoms with van der Waals surface area (Å²) in [6.07, 6.45) is 5.41. The van der Waals surface area contributed by atoms with Crippen molar-refractivity contribution in [1.29, 1.82) is 0 Å². The van der Waals surface area contributed by atoms with Gasteiger partial charge < -0.3 is 0 Å². The number of benzene rings is 3. The molecule has 0 aliphatic carbocycles. The number of nitrogens with zero attached hydrogens (tertiary/aromatic N) is 3. The van der Waals surface area contributed by atoms with Crippen molar-refractivity contribution in [3.63, 3.8) is 0 Å². The molecule has 195 valence electrons. The molecule has 0 saturated carbocycles. The predicted molar refractivity (Wildman–Crippen MR) is 164 cm³/mol. The number of hydrogen-bond acceptors (Lipinski definition) is 3. The third kappa shape index (κ3) is 9.45. The summed E-state index contributed by atoms with van der Waals surface area (Å²) in [5.74, 6) is 0. The topological polar surface area (TPSA) is 38.7 Å².